The number of β-amino-alcohol motifs (C(OH)–C–C–N with tert-alkyl or cyclic N) is 1. The van der Waals surface area contributed by atoms with Crippen molar-refractivity contribution in [3.05, 3.63) is 29.8 Å². The number of aromatic nitrogens is 1. The summed E-state index contributed by atoms with van der Waals surface area (Å²) in [5.41, 5.74) is 16.4. The molecule has 3 heterocycles. The molecule has 20 heteroatoms. The van der Waals surface area contributed by atoms with Gasteiger partial charge in [-0.1, -0.05) is 38.5 Å². The molecule has 1 aromatic carbocycles. The van der Waals surface area contributed by atoms with Gasteiger partial charge in [0.25, 0.3) is 0 Å². The van der Waals surface area contributed by atoms with Crippen molar-refractivity contribution in [2.75, 3.05) is 25.4 Å². The highest BCUT2D eigenvalue weighted by Crippen LogP contribution is 2.32. The van der Waals surface area contributed by atoms with E-state index in [0.717, 1.165) is 22.0 Å². The Kier molecular flexibility index (Phi) is 13.6. The fourth-order valence-corrected chi connectivity index (χ4v) is 7.48. The zero-order chi connectivity index (χ0) is 39.0. The van der Waals surface area contributed by atoms with Crippen molar-refractivity contribution in [2.24, 2.45) is 23.1 Å². The fourth-order valence-electron chi connectivity index (χ4n) is 6.36. The van der Waals surface area contributed by atoms with Gasteiger partial charge in [0, 0.05) is 23.2 Å². The molecule has 2 aliphatic rings. The predicted octanol–water partition coefficient (Wildman–Crippen LogP) is -3.80. The number of nitrogens with two attached hydrogens (primary N) is 3. The number of primary amides is 2. The van der Waals surface area contributed by atoms with Crippen LogP contribution >= 0.6 is 11.8 Å². The summed E-state index contributed by atoms with van der Waals surface area (Å²) >= 11 is 1.07. The number of aliphatic hydroxyl groups is 1. The summed E-state index contributed by atoms with van der Waals surface area (Å²) in [5, 5.41) is 24.2. The number of fused-ring (bicyclic) bond motifs is 3. The van der Waals surface area contributed by atoms with Gasteiger partial charge in [0.15, 0.2) is 11.9 Å². The van der Waals surface area contributed by atoms with Gasteiger partial charge in [-0.15, -0.1) is 11.8 Å². The van der Waals surface area contributed by atoms with Crippen molar-refractivity contribution in [2.45, 2.75) is 80.5 Å². The van der Waals surface area contributed by atoms with Crippen molar-refractivity contribution in [1.29, 1.82) is 0 Å². The lowest BCUT2D eigenvalue weighted by Gasteiger charge is -2.40. The van der Waals surface area contributed by atoms with Crippen molar-refractivity contribution in [1.82, 2.24) is 36.5 Å². The summed E-state index contributed by atoms with van der Waals surface area (Å²) in [4.78, 5) is 108. The molecule has 1 unspecified atom stereocenters. The number of amides is 7. The van der Waals surface area contributed by atoms with Gasteiger partial charge in [-0.05, 0) is 30.4 Å². The first-order valence-corrected chi connectivity index (χ1v) is 18.0. The molecule has 0 saturated carbocycles. The molecule has 0 spiro atoms. The van der Waals surface area contributed by atoms with Crippen molar-refractivity contribution < 1.29 is 43.5 Å². The summed E-state index contributed by atoms with van der Waals surface area (Å²) in [6.07, 6.45) is -1.44. The molecule has 0 aliphatic carbocycles. The van der Waals surface area contributed by atoms with Crippen molar-refractivity contribution >= 4 is 70.3 Å². The molecule has 2 aromatic rings. The molecule has 4 rings (SSSR count). The van der Waals surface area contributed by atoms with Crippen LogP contribution in [0.15, 0.2) is 29.3 Å². The first kappa shape index (κ1) is 40.7. The second-order valence-corrected chi connectivity index (χ2v) is 14.3. The average Bonchev–Trinajstić information content (AvgIpc) is 3.69. The minimum atomic E-state index is -2.25. The van der Waals surface area contributed by atoms with Crippen molar-refractivity contribution in [3.63, 3.8) is 0 Å². The number of rotatable bonds is 9. The molecule has 1 aromatic heterocycles. The van der Waals surface area contributed by atoms with E-state index >= 15 is 0 Å². The van der Waals surface area contributed by atoms with E-state index in [9.17, 15) is 43.5 Å². The minimum absolute atomic E-state index is 0.000419. The van der Waals surface area contributed by atoms with E-state index in [4.69, 9.17) is 17.2 Å². The van der Waals surface area contributed by atoms with Crippen LogP contribution in [0.4, 0.5) is 0 Å². The van der Waals surface area contributed by atoms with Crippen LogP contribution < -0.4 is 43.8 Å². The van der Waals surface area contributed by atoms with Crippen LogP contribution in [0.5, 0.6) is 0 Å². The number of carbonyl (C=O) groups excluding carboxylic acids is 8. The predicted molar refractivity (Wildman–Crippen MR) is 191 cm³/mol. The molecule has 1 fully saturated rings. The van der Waals surface area contributed by atoms with Crippen molar-refractivity contribution in [3.8, 4) is 0 Å². The Morgan fingerprint density at radius 3 is 2.38 bits per heavy atom. The molecule has 2 aliphatic heterocycles. The lowest BCUT2D eigenvalue weighted by Crippen LogP contribution is -2.68. The van der Waals surface area contributed by atoms with Gasteiger partial charge in [-0.3, -0.25) is 43.3 Å². The molecule has 288 valence electrons. The number of carbonyl (C=O) groups is 8. The monoisotopic (exact) mass is 758 g/mol. The average molecular weight is 759 g/mol. The van der Waals surface area contributed by atoms with Gasteiger partial charge in [0.1, 0.15) is 12.1 Å². The van der Waals surface area contributed by atoms with Gasteiger partial charge in [0.05, 0.1) is 42.7 Å². The van der Waals surface area contributed by atoms with Crippen LogP contribution in [-0.4, -0.2) is 124 Å². The van der Waals surface area contributed by atoms with Gasteiger partial charge < -0.3 is 53.9 Å². The van der Waals surface area contributed by atoms with Crippen LogP contribution in [0.2, 0.25) is 0 Å². The first-order chi connectivity index (χ1) is 25.1. The number of aldehydes is 1. The zero-order valence-electron chi connectivity index (χ0n) is 29.3. The number of hydrogen-bond donors (Lipinski definition) is 10. The Morgan fingerprint density at radius 2 is 1.74 bits per heavy atom. The maximum absolute atomic E-state index is 14.1. The lowest BCUT2D eigenvalue weighted by molar-refractivity contribution is -0.142. The summed E-state index contributed by atoms with van der Waals surface area (Å²) in [6.45, 7) is 2.12. The zero-order valence-corrected chi connectivity index (χ0v) is 30.1. The molecule has 53 heavy (non-hydrogen) atoms. The van der Waals surface area contributed by atoms with Crippen LogP contribution in [0.3, 0.4) is 0 Å². The van der Waals surface area contributed by atoms with Crippen LogP contribution in [0, 0.1) is 5.92 Å². The Bertz CT molecular complexity index is 1750. The Hall–Kier alpha value is -5.05. The van der Waals surface area contributed by atoms with Crippen LogP contribution in [0.1, 0.15) is 38.7 Å². The molecule has 0 radical (unpaired) electrons. The normalized spacial score (nSPS) is 25.6. The number of benzene rings is 1. The number of likely N-dealkylation sites (tertiary alicyclic amines) is 1. The number of nitrogens with zero attached hydrogens (tertiary/aromatic N) is 1. The summed E-state index contributed by atoms with van der Waals surface area (Å²) < 4.78 is 0. The highest BCUT2D eigenvalue weighted by Gasteiger charge is 2.50. The van der Waals surface area contributed by atoms with E-state index in [0.29, 0.717) is 22.5 Å². The third-order valence-corrected chi connectivity index (χ3v) is 10.5. The highest BCUT2D eigenvalue weighted by molar-refractivity contribution is 7.99. The molecule has 7 amide bonds. The third-order valence-electron chi connectivity index (χ3n) is 9.34. The maximum atomic E-state index is 14.1. The molecular weight excluding hydrogens is 712 g/mol. The minimum Gasteiger partial charge on any atom is -0.392 e. The summed E-state index contributed by atoms with van der Waals surface area (Å²) in [5.74, 6) is -6.32. The van der Waals surface area contributed by atoms with Gasteiger partial charge >= 0.3 is 0 Å². The number of aromatic amines is 1. The van der Waals surface area contributed by atoms with E-state index < -0.39 is 96.8 Å². The van der Waals surface area contributed by atoms with Gasteiger partial charge in [0.2, 0.25) is 41.4 Å². The largest absolute Gasteiger partial charge is 0.392 e. The van der Waals surface area contributed by atoms with E-state index in [1.165, 1.54) is 0 Å². The summed E-state index contributed by atoms with van der Waals surface area (Å²) in [6, 6.07) is 2.25. The molecule has 7 atom stereocenters. The Morgan fingerprint density at radius 1 is 1.08 bits per heavy atom. The molecule has 1 saturated heterocycles. The standard InChI is InChI=1S/C33H46N10O9S/c1-3-16(2)27-31(52)38-11-25(47)39-22(30(51)42-33(15-44,10-24(35)46)43-13-17(45)8-23(43)28(36)49)14-53-32-19(18-6-4-5-7-21(18)40-32)9-20(34)29(50)37-12-26(48)41-27/h4-7,15-17,20,22-23,27,40,45H,3,8-14,34H2,1-2H3,(H2,35,46)(H2,36,49)(H,37,50)(H,38,52)(H,39,47)(H,41,48)(H,42,51)/t16-,17+,20?,22-,23-,27-,33-/m0/s1. The quantitative estimate of drug-likeness (QED) is 0.110. The molecule has 19 nitrogen and oxygen atoms in total. The first-order valence-electron chi connectivity index (χ1n) is 17.0. The second kappa shape index (κ2) is 17.6. The third kappa shape index (κ3) is 9.89. The number of hydrogen-bond acceptors (Lipinski definition) is 12. The molecular formula is C33H46N10O9S. The Labute approximate surface area is 308 Å². The second-order valence-electron chi connectivity index (χ2n) is 13.2. The van der Waals surface area contributed by atoms with Crippen LogP contribution in [0.25, 0.3) is 10.9 Å². The fraction of sp³-hybridized carbons (Fsp3) is 0.515. The van der Waals surface area contributed by atoms with Gasteiger partial charge in [-0.25, -0.2) is 0 Å². The van der Waals surface area contributed by atoms with E-state index in [2.05, 4.69) is 31.6 Å². The number of aliphatic hydroxyl groups excluding tert-OH is 1. The van der Waals surface area contributed by atoms with E-state index in [1.807, 2.05) is 0 Å². The SMILES string of the molecule is CC[C@H](C)[C@@H]1NC(=O)CNC(=O)C(N)Cc2c([nH]c3ccccc23)SC[C@@H](C(=O)N[C@@](C=O)(CC(N)=O)N2C[C@H](O)C[C@H]2C(N)=O)NC(=O)CNC1=O. The van der Waals surface area contributed by atoms with E-state index in [-0.39, 0.29) is 37.3 Å². The number of para-hydroxylation sites is 1. The maximum Gasteiger partial charge on any atom is 0.245 e. The Balaban J connectivity index is 1.73. The number of thioether (sulfide) groups is 1. The van der Waals surface area contributed by atoms with E-state index in [1.54, 1.807) is 38.1 Å². The van der Waals surface area contributed by atoms with Gasteiger partial charge in [-0.2, -0.15) is 0 Å². The number of nitrogens with one attached hydrogen (secondary N) is 6. The highest BCUT2D eigenvalue weighted by atomic mass is 32.2. The number of H-pyrrole nitrogens is 1. The smallest absolute Gasteiger partial charge is 0.245 e. The lowest BCUT2D eigenvalue weighted by atomic mass is 9.98. The topological polar surface area (TPSA) is 314 Å². The molecule has 13 N–H and O–H groups in total. The van der Waals surface area contributed by atoms with Crippen LogP contribution in [-0.2, 0) is 44.8 Å². The molecule has 0 bridgehead atoms. The summed E-state index contributed by atoms with van der Waals surface area (Å²) in [7, 11) is 0.